The van der Waals surface area contributed by atoms with Crippen molar-refractivity contribution in [2.24, 2.45) is 0 Å². The zero-order valence-electron chi connectivity index (χ0n) is 24.4. The van der Waals surface area contributed by atoms with Crippen LogP contribution in [0.5, 0.6) is 0 Å². The van der Waals surface area contributed by atoms with Crippen molar-refractivity contribution in [2.45, 2.75) is 55.9 Å². The minimum absolute atomic E-state index is 0.0890. The average molecular weight is 660 g/mol. The highest BCUT2D eigenvalue weighted by atomic mass is 32.1. The first kappa shape index (κ1) is 33.9. The number of non-ortho nitro benzene ring substituents is 2. The summed E-state index contributed by atoms with van der Waals surface area (Å²) in [5.74, 6) is -0.678. The molecule has 0 saturated carbocycles. The van der Waals surface area contributed by atoms with E-state index in [-0.39, 0.29) is 67.3 Å². The lowest BCUT2D eigenvalue weighted by atomic mass is 10.0. The Hall–Kier alpha value is -4.97. The maximum absolute atomic E-state index is 13.0. The normalized spacial score (nSPS) is 19.7. The second kappa shape index (κ2) is 15.3. The Labute approximate surface area is 268 Å². The van der Waals surface area contributed by atoms with Crippen molar-refractivity contribution in [3.05, 3.63) is 79.9 Å². The predicted molar refractivity (Wildman–Crippen MR) is 164 cm³/mol. The number of guanidine groups is 1. The summed E-state index contributed by atoms with van der Waals surface area (Å²) in [5, 5.41) is 45.3. The number of nitrogens with zero attached hydrogens (tertiary/aromatic N) is 4. The summed E-state index contributed by atoms with van der Waals surface area (Å²) in [7, 11) is 0. The van der Waals surface area contributed by atoms with Gasteiger partial charge in [-0.2, -0.15) is 12.6 Å². The van der Waals surface area contributed by atoms with Gasteiger partial charge in [0.2, 0.25) is 5.91 Å². The molecule has 4 N–H and O–H groups in total. The van der Waals surface area contributed by atoms with E-state index in [4.69, 9.17) is 14.9 Å². The van der Waals surface area contributed by atoms with E-state index in [9.17, 15) is 39.7 Å². The Morgan fingerprint density at radius 2 is 1.54 bits per heavy atom. The van der Waals surface area contributed by atoms with Crippen molar-refractivity contribution in [3.63, 3.8) is 0 Å². The highest BCUT2D eigenvalue weighted by molar-refractivity contribution is 7.81. The maximum atomic E-state index is 13.0. The van der Waals surface area contributed by atoms with Crippen LogP contribution >= 0.6 is 12.6 Å². The molecule has 4 rings (SSSR count). The van der Waals surface area contributed by atoms with Crippen LogP contribution in [0.1, 0.15) is 30.4 Å². The van der Waals surface area contributed by atoms with Crippen molar-refractivity contribution in [1.29, 1.82) is 5.41 Å². The number of benzene rings is 2. The lowest BCUT2D eigenvalue weighted by Gasteiger charge is -2.28. The Morgan fingerprint density at radius 3 is 2.11 bits per heavy atom. The van der Waals surface area contributed by atoms with Crippen molar-refractivity contribution in [2.75, 3.05) is 19.6 Å². The van der Waals surface area contributed by atoms with Gasteiger partial charge < -0.3 is 29.7 Å². The van der Waals surface area contributed by atoms with Crippen LogP contribution in [0.2, 0.25) is 0 Å². The van der Waals surface area contributed by atoms with Crippen LogP contribution in [0.3, 0.4) is 0 Å². The number of nitro benzene ring substituents is 2. The van der Waals surface area contributed by atoms with Crippen LogP contribution in [-0.4, -0.2) is 91.9 Å². The second-order valence-corrected chi connectivity index (χ2v) is 11.6. The van der Waals surface area contributed by atoms with Gasteiger partial charge in [-0.25, -0.2) is 9.59 Å². The predicted octanol–water partition coefficient (Wildman–Crippen LogP) is 2.31. The molecule has 246 valence electrons. The molecule has 2 fully saturated rings. The summed E-state index contributed by atoms with van der Waals surface area (Å²) >= 11 is 4.45. The number of thiol groups is 1. The minimum Gasteiger partial charge on any atom is -0.445 e. The van der Waals surface area contributed by atoms with E-state index in [2.05, 4.69) is 23.3 Å². The molecule has 18 heteroatoms. The molecule has 3 amide bonds. The first-order chi connectivity index (χ1) is 21.9. The van der Waals surface area contributed by atoms with Crippen LogP contribution < -0.4 is 10.6 Å². The summed E-state index contributed by atoms with van der Waals surface area (Å²) in [6.07, 6.45) is -2.22. The van der Waals surface area contributed by atoms with Gasteiger partial charge >= 0.3 is 12.2 Å². The van der Waals surface area contributed by atoms with Crippen LogP contribution in [-0.2, 0) is 27.5 Å². The van der Waals surface area contributed by atoms with Crippen LogP contribution in [0.15, 0.2) is 48.5 Å². The van der Waals surface area contributed by atoms with E-state index in [1.54, 1.807) is 0 Å². The van der Waals surface area contributed by atoms with Gasteiger partial charge in [-0.1, -0.05) is 0 Å². The van der Waals surface area contributed by atoms with Crippen LogP contribution in [0.25, 0.3) is 0 Å². The molecule has 2 saturated heterocycles. The molecule has 0 radical (unpaired) electrons. The van der Waals surface area contributed by atoms with E-state index in [0.29, 0.717) is 30.5 Å². The number of hydrogen-bond acceptors (Lipinski definition) is 12. The highest BCUT2D eigenvalue weighted by Crippen LogP contribution is 2.27. The monoisotopic (exact) mass is 659 g/mol. The van der Waals surface area contributed by atoms with Gasteiger partial charge in [-0.05, 0) is 48.2 Å². The summed E-state index contributed by atoms with van der Waals surface area (Å²) in [4.78, 5) is 61.2. The molecular formula is C28H33N7O10S. The number of aliphatic hydroxyl groups excluding tert-OH is 1. The third kappa shape index (κ3) is 9.27. The number of carbonyl (C=O) groups excluding carboxylic acids is 3. The fraction of sp³-hybridized carbons (Fsp3) is 0.429. The number of carbonyl (C=O) groups is 3. The van der Waals surface area contributed by atoms with E-state index in [1.807, 2.05) is 0 Å². The van der Waals surface area contributed by atoms with Gasteiger partial charge in [0.25, 0.3) is 11.4 Å². The molecule has 2 aromatic rings. The van der Waals surface area contributed by atoms with Gasteiger partial charge in [-0.15, -0.1) is 0 Å². The van der Waals surface area contributed by atoms with E-state index in [0.717, 1.165) is 0 Å². The SMILES string of the molecule is N=C(NC(=O)OCc1ccc([N+](=O)[O-])cc1)N[C@H]1CCN(C(=O)CC(O)[C@@H]2C[C@H](S)CN2C(=O)OCc2ccc([N+](=O)[O-])cc2)C1. The Morgan fingerprint density at radius 1 is 0.978 bits per heavy atom. The number of aliphatic hydroxyl groups is 1. The first-order valence-electron chi connectivity index (χ1n) is 14.2. The zero-order valence-corrected chi connectivity index (χ0v) is 25.3. The standard InChI is InChI=1S/C28H33N7O10S/c29-26(31-27(38)44-15-17-1-5-20(6-2-17)34(40)41)30-19-9-10-32(13-19)25(37)12-24(36)23-11-22(46)14-33(23)28(39)45-16-18-3-7-21(8-4-18)35(42)43/h1-8,19,22-24,36,46H,9-16H2,(H3,29,30,31,38)/t19-,22-,23-,24?/m0/s1. The fourth-order valence-corrected chi connectivity index (χ4v) is 5.54. The van der Waals surface area contributed by atoms with Crippen molar-refractivity contribution in [3.8, 4) is 0 Å². The molecule has 2 aliphatic heterocycles. The quantitative estimate of drug-likeness (QED) is 0.0817. The number of hydrogen-bond donors (Lipinski definition) is 5. The van der Waals surface area contributed by atoms with E-state index >= 15 is 0 Å². The van der Waals surface area contributed by atoms with Crippen molar-refractivity contribution < 1.29 is 38.8 Å². The molecular weight excluding hydrogens is 626 g/mol. The highest BCUT2D eigenvalue weighted by Gasteiger charge is 2.40. The molecule has 0 spiro atoms. The van der Waals surface area contributed by atoms with Crippen molar-refractivity contribution in [1.82, 2.24) is 20.4 Å². The van der Waals surface area contributed by atoms with Crippen molar-refractivity contribution >= 4 is 48.1 Å². The molecule has 4 atom stereocenters. The molecule has 0 bridgehead atoms. The number of likely N-dealkylation sites (tertiary alicyclic amines) is 2. The topological polar surface area (TPSA) is 231 Å². The molecule has 17 nitrogen and oxygen atoms in total. The summed E-state index contributed by atoms with van der Waals surface area (Å²) in [6.45, 7) is 0.487. The Kier molecular flexibility index (Phi) is 11.3. The molecule has 0 aliphatic carbocycles. The fourth-order valence-electron chi connectivity index (χ4n) is 5.15. The van der Waals surface area contributed by atoms with Gasteiger partial charge in [0.15, 0.2) is 5.96 Å². The summed E-state index contributed by atoms with van der Waals surface area (Å²) < 4.78 is 10.4. The number of nitrogens with one attached hydrogen (secondary N) is 3. The molecule has 46 heavy (non-hydrogen) atoms. The summed E-state index contributed by atoms with van der Waals surface area (Å²) in [5.41, 5.74) is 0.890. The third-order valence-electron chi connectivity index (χ3n) is 7.53. The molecule has 2 heterocycles. The average Bonchev–Trinajstić information content (AvgIpc) is 3.66. The smallest absolute Gasteiger partial charge is 0.414 e. The minimum atomic E-state index is -1.19. The molecule has 2 aliphatic rings. The van der Waals surface area contributed by atoms with E-state index < -0.39 is 34.2 Å². The largest absolute Gasteiger partial charge is 0.445 e. The summed E-state index contributed by atoms with van der Waals surface area (Å²) in [6, 6.07) is 9.99. The van der Waals surface area contributed by atoms with Gasteiger partial charge in [0, 0.05) is 55.2 Å². The van der Waals surface area contributed by atoms with Gasteiger partial charge in [0.05, 0.1) is 28.4 Å². The number of alkyl carbamates (subject to hydrolysis) is 1. The third-order valence-corrected chi connectivity index (χ3v) is 7.90. The second-order valence-electron chi connectivity index (χ2n) is 10.8. The first-order valence-corrected chi connectivity index (χ1v) is 14.7. The maximum Gasteiger partial charge on any atom is 0.414 e. The zero-order chi connectivity index (χ0) is 33.4. The number of rotatable bonds is 10. The Balaban J connectivity index is 1.19. The van der Waals surface area contributed by atoms with E-state index in [1.165, 1.54) is 58.3 Å². The van der Waals surface area contributed by atoms with Crippen LogP contribution in [0, 0.1) is 25.6 Å². The lowest BCUT2D eigenvalue weighted by Crippen LogP contribution is -2.47. The number of ether oxygens (including phenoxy) is 2. The number of nitro groups is 2. The van der Waals surface area contributed by atoms with Gasteiger partial charge in [0.1, 0.15) is 13.2 Å². The lowest BCUT2D eigenvalue weighted by molar-refractivity contribution is -0.385. The Bertz CT molecular complexity index is 1460. The van der Waals surface area contributed by atoms with Crippen LogP contribution in [0.4, 0.5) is 21.0 Å². The molecule has 1 unspecified atom stereocenters. The number of amides is 3. The molecule has 2 aromatic carbocycles. The molecule has 0 aromatic heterocycles. The van der Waals surface area contributed by atoms with Gasteiger partial charge in [-0.3, -0.25) is 35.7 Å².